The summed E-state index contributed by atoms with van der Waals surface area (Å²) in [6, 6.07) is -0.548. The van der Waals surface area contributed by atoms with Crippen LogP contribution in [0.4, 0.5) is 0 Å². The van der Waals surface area contributed by atoms with Gasteiger partial charge in [-0.25, -0.2) is 0 Å². The summed E-state index contributed by atoms with van der Waals surface area (Å²) in [7, 11) is 1.77. The van der Waals surface area contributed by atoms with Gasteiger partial charge in [-0.1, -0.05) is 0 Å². The number of hydrogen-bond donors (Lipinski definition) is 2. The first-order valence-corrected chi connectivity index (χ1v) is 4.52. The average Bonchev–Trinajstić information content (AvgIpc) is 2.10. The van der Waals surface area contributed by atoms with Gasteiger partial charge in [-0.15, -0.1) is 0 Å². The van der Waals surface area contributed by atoms with Crippen molar-refractivity contribution in [2.75, 3.05) is 26.7 Å². The molecule has 1 atom stereocenters. The van der Waals surface area contributed by atoms with Crippen molar-refractivity contribution >= 4 is 11.7 Å². The number of carbonyl (C=O) groups is 2. The van der Waals surface area contributed by atoms with Gasteiger partial charge in [0.2, 0.25) is 0 Å². The molecule has 0 aliphatic rings. The number of ketones is 1. The molecule has 6 heteroatoms. The smallest absolute Gasteiger partial charge is 0.153 e. The van der Waals surface area contributed by atoms with Crippen LogP contribution in [-0.4, -0.2) is 49.3 Å². The molecule has 87 valence electrons. The van der Waals surface area contributed by atoms with Crippen LogP contribution in [0.1, 0.15) is 6.92 Å². The molecule has 0 aliphatic carbocycles. The molecule has 0 aromatic carbocycles. The predicted octanol–water partition coefficient (Wildman–Crippen LogP) is -1.22. The molecule has 1 radical (unpaired) electrons. The topological polar surface area (TPSA) is 75.4 Å². The molecule has 0 bridgehead atoms. The Hall–Kier alpha value is -0.330. The Kier molecular flexibility index (Phi) is 10.2. The fourth-order valence-electron chi connectivity index (χ4n) is 1.20. The zero-order valence-electron chi connectivity index (χ0n) is 9.19. The van der Waals surface area contributed by atoms with Crippen molar-refractivity contribution in [3.8, 4) is 0 Å². The minimum absolute atomic E-state index is 0. The molecule has 0 rings (SSSR count). The van der Waals surface area contributed by atoms with E-state index in [2.05, 4.69) is 12.2 Å². The van der Waals surface area contributed by atoms with Crippen molar-refractivity contribution in [1.29, 1.82) is 0 Å². The number of rotatable bonds is 6. The van der Waals surface area contributed by atoms with Gasteiger partial charge in [0.05, 0.1) is 11.9 Å². The summed E-state index contributed by atoms with van der Waals surface area (Å²) in [5, 5.41) is 2.90. The van der Waals surface area contributed by atoms with E-state index in [-0.39, 0.29) is 40.6 Å². The summed E-state index contributed by atoms with van der Waals surface area (Å²) in [6.45, 7) is 5.92. The van der Waals surface area contributed by atoms with E-state index in [1.165, 1.54) is 11.8 Å². The van der Waals surface area contributed by atoms with Crippen LogP contribution in [0, 0.1) is 6.92 Å². The minimum Gasteiger partial charge on any atom is -0.355 e. The molecule has 0 saturated carbocycles. The molecule has 0 aliphatic heterocycles. The molecule has 0 heterocycles. The van der Waals surface area contributed by atoms with E-state index in [1.807, 2.05) is 0 Å². The first-order valence-electron chi connectivity index (χ1n) is 4.52. The summed E-state index contributed by atoms with van der Waals surface area (Å²) >= 11 is 0. The molecule has 5 nitrogen and oxygen atoms in total. The third-order valence-corrected chi connectivity index (χ3v) is 1.99. The molecule has 1 unspecified atom stereocenters. The molecule has 0 aromatic rings. The second kappa shape index (κ2) is 8.94. The van der Waals surface area contributed by atoms with Crippen molar-refractivity contribution in [2.24, 2.45) is 5.73 Å². The van der Waals surface area contributed by atoms with Crippen LogP contribution in [0.3, 0.4) is 0 Å². The third-order valence-electron chi connectivity index (χ3n) is 1.99. The van der Waals surface area contributed by atoms with E-state index in [9.17, 15) is 9.59 Å². The SMILES string of the molecule is [CH2-]C(=O)N(CCNC)C(CN)C(C)=O.[Nb]. The number of hydrogen-bond acceptors (Lipinski definition) is 4. The van der Waals surface area contributed by atoms with Crippen LogP contribution in [0.25, 0.3) is 0 Å². The van der Waals surface area contributed by atoms with Crippen LogP contribution in [0.5, 0.6) is 0 Å². The Bertz CT molecular complexity index is 212. The van der Waals surface area contributed by atoms with Gasteiger partial charge in [-0.05, 0) is 14.0 Å². The van der Waals surface area contributed by atoms with Gasteiger partial charge in [0, 0.05) is 42.0 Å². The van der Waals surface area contributed by atoms with Gasteiger partial charge in [-0.2, -0.15) is 0 Å². The van der Waals surface area contributed by atoms with E-state index in [1.54, 1.807) is 7.05 Å². The predicted molar refractivity (Wildman–Crippen MR) is 54.5 cm³/mol. The molecule has 0 fully saturated rings. The first kappa shape index (κ1) is 17.1. The monoisotopic (exact) mass is 293 g/mol. The van der Waals surface area contributed by atoms with E-state index in [4.69, 9.17) is 5.73 Å². The average molecular weight is 293 g/mol. The fraction of sp³-hybridized carbons (Fsp3) is 0.667. The van der Waals surface area contributed by atoms with E-state index >= 15 is 0 Å². The second-order valence-corrected chi connectivity index (χ2v) is 3.05. The maximum absolute atomic E-state index is 11.2. The van der Waals surface area contributed by atoms with Gasteiger partial charge in [-0.3, -0.25) is 4.79 Å². The van der Waals surface area contributed by atoms with Gasteiger partial charge in [0.1, 0.15) is 0 Å². The second-order valence-electron chi connectivity index (χ2n) is 3.05. The zero-order valence-corrected chi connectivity index (χ0v) is 11.4. The zero-order chi connectivity index (χ0) is 11.1. The number of likely N-dealkylation sites (N-methyl/N-ethyl adjacent to an activating group) is 1. The number of amides is 1. The van der Waals surface area contributed by atoms with Crippen LogP contribution in [0.15, 0.2) is 0 Å². The first-order chi connectivity index (χ1) is 6.54. The van der Waals surface area contributed by atoms with Crippen LogP contribution in [0.2, 0.25) is 0 Å². The Labute approximate surface area is 106 Å². The molecule has 1 amide bonds. The van der Waals surface area contributed by atoms with Crippen molar-refractivity contribution in [1.82, 2.24) is 10.2 Å². The molecule has 3 N–H and O–H groups in total. The van der Waals surface area contributed by atoms with E-state index in [0.29, 0.717) is 13.1 Å². The summed E-state index contributed by atoms with van der Waals surface area (Å²) in [5.41, 5.74) is 5.42. The minimum atomic E-state index is -0.548. The van der Waals surface area contributed by atoms with E-state index < -0.39 is 6.04 Å². The number of nitrogens with zero attached hydrogens (tertiary/aromatic N) is 1. The van der Waals surface area contributed by atoms with Crippen LogP contribution in [-0.2, 0) is 32.0 Å². The van der Waals surface area contributed by atoms with Crippen molar-refractivity contribution in [2.45, 2.75) is 13.0 Å². The molecular formula is C9H18N3NbO2-. The van der Waals surface area contributed by atoms with Gasteiger partial charge in [0.15, 0.2) is 5.78 Å². The van der Waals surface area contributed by atoms with Gasteiger partial charge in [0.25, 0.3) is 0 Å². The number of carbonyl (C=O) groups excluding carboxylic acids is 2. The Morgan fingerprint density at radius 2 is 2.07 bits per heavy atom. The van der Waals surface area contributed by atoms with Crippen molar-refractivity contribution in [3.05, 3.63) is 6.92 Å². The molecular weight excluding hydrogens is 275 g/mol. The maximum atomic E-state index is 11.2. The van der Waals surface area contributed by atoms with Gasteiger partial charge < -0.3 is 27.7 Å². The molecule has 0 spiro atoms. The standard InChI is InChI=1S/C9H18N3O2.Nb/c1-7(13)9(6-10)12(8(2)14)5-4-11-3;/h9,11H,2,4-6,10H2,1,3H3;/q-1;. The Balaban J connectivity index is 0. The quantitative estimate of drug-likeness (QED) is 0.475. The van der Waals surface area contributed by atoms with Crippen LogP contribution < -0.4 is 11.1 Å². The molecule has 0 aromatic heterocycles. The van der Waals surface area contributed by atoms with Crippen LogP contribution >= 0.6 is 0 Å². The normalized spacial score (nSPS) is 11.4. The summed E-state index contributed by atoms with van der Waals surface area (Å²) < 4.78 is 0. The molecule has 0 saturated heterocycles. The van der Waals surface area contributed by atoms with Crippen molar-refractivity contribution in [3.63, 3.8) is 0 Å². The fourth-order valence-corrected chi connectivity index (χ4v) is 1.20. The number of nitrogens with two attached hydrogens (primary N) is 1. The largest absolute Gasteiger partial charge is 0.355 e. The maximum Gasteiger partial charge on any atom is 0.153 e. The molecule has 15 heavy (non-hydrogen) atoms. The Morgan fingerprint density at radius 1 is 1.53 bits per heavy atom. The number of nitrogens with one attached hydrogen (secondary N) is 1. The summed E-state index contributed by atoms with van der Waals surface area (Å²) in [5.74, 6) is -0.480. The third kappa shape index (κ3) is 5.96. The Morgan fingerprint density at radius 3 is 2.33 bits per heavy atom. The van der Waals surface area contributed by atoms with Crippen molar-refractivity contribution < 1.29 is 32.0 Å². The summed E-state index contributed by atoms with van der Waals surface area (Å²) in [6.07, 6.45) is 0. The van der Waals surface area contributed by atoms with Gasteiger partial charge >= 0.3 is 0 Å². The van der Waals surface area contributed by atoms with E-state index in [0.717, 1.165) is 0 Å². The number of Topliss-reactive ketones (excluding diaryl/α,β-unsaturated/α-hetero) is 1. The summed E-state index contributed by atoms with van der Waals surface area (Å²) in [4.78, 5) is 23.7.